The van der Waals surface area contributed by atoms with Crippen LogP contribution in [0, 0.1) is 0 Å². The zero-order valence-corrected chi connectivity index (χ0v) is 15.9. The van der Waals surface area contributed by atoms with Gasteiger partial charge in [0.25, 0.3) is 0 Å². The Morgan fingerprint density at radius 3 is 2.52 bits per heavy atom. The molecule has 6 nitrogen and oxygen atoms in total. The molecule has 2 atom stereocenters. The second-order valence-corrected chi connectivity index (χ2v) is 7.73. The molecule has 2 amide bonds. The maximum atomic E-state index is 12.2. The van der Waals surface area contributed by atoms with Crippen molar-refractivity contribution in [3.63, 3.8) is 0 Å². The Labute approximate surface area is 153 Å². The SMILES string of the molecule is CN1CCC(NC(=O)CNC(=O)OC(C)(C)C)C1c1ccc(Cl)cc1. The average Bonchev–Trinajstić information content (AvgIpc) is 2.85. The first-order valence-electron chi connectivity index (χ1n) is 8.37. The first kappa shape index (κ1) is 19.5. The molecular weight excluding hydrogens is 342 g/mol. The van der Waals surface area contributed by atoms with Crippen molar-refractivity contribution in [1.82, 2.24) is 15.5 Å². The number of nitrogens with zero attached hydrogens (tertiary/aromatic N) is 1. The number of benzene rings is 1. The van der Waals surface area contributed by atoms with Gasteiger partial charge in [-0.15, -0.1) is 0 Å². The van der Waals surface area contributed by atoms with E-state index < -0.39 is 11.7 Å². The van der Waals surface area contributed by atoms with Gasteiger partial charge in [0.05, 0.1) is 6.04 Å². The molecule has 2 N–H and O–H groups in total. The van der Waals surface area contributed by atoms with Crippen LogP contribution in [0.1, 0.15) is 38.8 Å². The quantitative estimate of drug-likeness (QED) is 0.858. The Morgan fingerprint density at radius 1 is 1.28 bits per heavy atom. The van der Waals surface area contributed by atoms with Crippen molar-refractivity contribution < 1.29 is 14.3 Å². The number of carbonyl (C=O) groups is 2. The summed E-state index contributed by atoms with van der Waals surface area (Å²) in [5.74, 6) is -0.231. The van der Waals surface area contributed by atoms with Gasteiger partial charge in [0.2, 0.25) is 5.91 Å². The van der Waals surface area contributed by atoms with E-state index in [0.717, 1.165) is 18.5 Å². The van der Waals surface area contributed by atoms with E-state index in [1.54, 1.807) is 20.8 Å². The van der Waals surface area contributed by atoms with Crippen LogP contribution in [-0.4, -0.2) is 48.7 Å². The maximum Gasteiger partial charge on any atom is 0.408 e. The average molecular weight is 368 g/mol. The van der Waals surface area contributed by atoms with Crippen molar-refractivity contribution in [2.45, 2.75) is 44.9 Å². The molecule has 1 saturated heterocycles. The molecule has 138 valence electrons. The highest BCUT2D eigenvalue weighted by Crippen LogP contribution is 2.31. The number of amides is 2. The van der Waals surface area contributed by atoms with E-state index in [4.69, 9.17) is 16.3 Å². The van der Waals surface area contributed by atoms with Gasteiger partial charge in [-0.3, -0.25) is 9.69 Å². The molecule has 2 rings (SSSR count). The van der Waals surface area contributed by atoms with Gasteiger partial charge in [-0.2, -0.15) is 0 Å². The van der Waals surface area contributed by atoms with Gasteiger partial charge in [0.1, 0.15) is 12.1 Å². The molecule has 1 heterocycles. The molecule has 25 heavy (non-hydrogen) atoms. The van der Waals surface area contributed by atoms with Crippen LogP contribution in [0.3, 0.4) is 0 Å². The first-order valence-corrected chi connectivity index (χ1v) is 8.75. The van der Waals surface area contributed by atoms with Crippen LogP contribution < -0.4 is 10.6 Å². The molecule has 0 bridgehead atoms. The Hall–Kier alpha value is -1.79. The highest BCUT2D eigenvalue weighted by atomic mass is 35.5. The Bertz CT molecular complexity index is 613. The van der Waals surface area contributed by atoms with Gasteiger partial charge < -0.3 is 15.4 Å². The number of ether oxygens (including phenoxy) is 1. The van der Waals surface area contributed by atoms with Crippen molar-refractivity contribution in [2.24, 2.45) is 0 Å². The lowest BCUT2D eigenvalue weighted by Gasteiger charge is -2.26. The summed E-state index contributed by atoms with van der Waals surface area (Å²) in [6.45, 7) is 6.10. The first-order chi connectivity index (χ1) is 11.7. The normalized spacial score (nSPS) is 21.0. The monoisotopic (exact) mass is 367 g/mol. The predicted molar refractivity (Wildman–Crippen MR) is 97.6 cm³/mol. The van der Waals surface area contributed by atoms with E-state index in [1.807, 2.05) is 31.3 Å². The number of halogens is 1. The fourth-order valence-electron chi connectivity index (χ4n) is 2.97. The summed E-state index contributed by atoms with van der Waals surface area (Å²) in [4.78, 5) is 26.0. The highest BCUT2D eigenvalue weighted by Gasteiger charge is 2.34. The van der Waals surface area contributed by atoms with Gasteiger partial charge in [0.15, 0.2) is 0 Å². The zero-order valence-electron chi connectivity index (χ0n) is 15.1. The van der Waals surface area contributed by atoms with Crippen molar-refractivity contribution >= 4 is 23.6 Å². The molecule has 0 saturated carbocycles. The van der Waals surface area contributed by atoms with Crippen molar-refractivity contribution in [3.05, 3.63) is 34.9 Å². The molecule has 1 fully saturated rings. The van der Waals surface area contributed by atoms with Gasteiger partial charge in [0, 0.05) is 17.6 Å². The van der Waals surface area contributed by atoms with E-state index in [0.29, 0.717) is 5.02 Å². The largest absolute Gasteiger partial charge is 0.444 e. The molecule has 0 aromatic heterocycles. The molecular formula is C18H26ClN3O3. The third kappa shape index (κ3) is 5.90. The summed E-state index contributed by atoms with van der Waals surface area (Å²) in [6, 6.07) is 7.74. The van der Waals surface area contributed by atoms with Gasteiger partial charge in [-0.1, -0.05) is 23.7 Å². The molecule has 0 spiro atoms. The fraction of sp³-hybridized carbons (Fsp3) is 0.556. The second-order valence-electron chi connectivity index (χ2n) is 7.30. The highest BCUT2D eigenvalue weighted by molar-refractivity contribution is 6.30. The molecule has 1 aromatic carbocycles. The molecule has 2 unspecified atom stereocenters. The maximum absolute atomic E-state index is 12.2. The molecule has 7 heteroatoms. The summed E-state index contributed by atoms with van der Waals surface area (Å²) in [6.07, 6.45) is 0.252. The van der Waals surface area contributed by atoms with E-state index >= 15 is 0 Å². The third-order valence-electron chi connectivity index (χ3n) is 4.00. The van der Waals surface area contributed by atoms with Crippen molar-refractivity contribution in [3.8, 4) is 0 Å². The second kappa shape index (κ2) is 8.06. The lowest BCUT2D eigenvalue weighted by Crippen LogP contribution is -2.45. The Kier molecular flexibility index (Phi) is 6.30. The Balaban J connectivity index is 1.90. The molecule has 1 aliphatic heterocycles. The van der Waals surface area contributed by atoms with Gasteiger partial charge in [-0.25, -0.2) is 4.79 Å². The van der Waals surface area contributed by atoms with Crippen LogP contribution in [0.4, 0.5) is 4.79 Å². The number of nitrogens with one attached hydrogen (secondary N) is 2. The predicted octanol–water partition coefficient (Wildman–Crippen LogP) is 2.73. The molecule has 0 aliphatic carbocycles. The van der Waals surface area contributed by atoms with E-state index in [1.165, 1.54) is 0 Å². The fourth-order valence-corrected chi connectivity index (χ4v) is 3.10. The van der Waals surface area contributed by atoms with Crippen LogP contribution >= 0.6 is 11.6 Å². The number of hydrogen-bond donors (Lipinski definition) is 2. The lowest BCUT2D eigenvalue weighted by atomic mass is 10.0. The number of likely N-dealkylation sites (N-methyl/N-ethyl adjacent to an activating group) is 1. The topological polar surface area (TPSA) is 70.7 Å². The minimum atomic E-state index is -0.597. The Morgan fingerprint density at radius 2 is 1.92 bits per heavy atom. The number of rotatable bonds is 4. The summed E-state index contributed by atoms with van der Waals surface area (Å²) in [7, 11) is 2.03. The summed E-state index contributed by atoms with van der Waals surface area (Å²) >= 11 is 5.96. The number of hydrogen-bond acceptors (Lipinski definition) is 4. The van der Waals surface area contributed by atoms with Crippen LogP contribution in [0.5, 0.6) is 0 Å². The molecule has 0 radical (unpaired) electrons. The van der Waals surface area contributed by atoms with Crippen LogP contribution in [0.15, 0.2) is 24.3 Å². The van der Waals surface area contributed by atoms with Crippen LogP contribution in [0.25, 0.3) is 0 Å². The minimum absolute atomic E-state index is 0.0147. The number of carbonyl (C=O) groups excluding carboxylic acids is 2. The summed E-state index contributed by atoms with van der Waals surface area (Å²) in [5.41, 5.74) is 0.517. The molecule has 1 aliphatic rings. The van der Waals surface area contributed by atoms with Gasteiger partial charge >= 0.3 is 6.09 Å². The van der Waals surface area contributed by atoms with Crippen LogP contribution in [-0.2, 0) is 9.53 Å². The van der Waals surface area contributed by atoms with Crippen molar-refractivity contribution in [2.75, 3.05) is 20.1 Å². The minimum Gasteiger partial charge on any atom is -0.444 e. The number of likely N-dealkylation sites (tertiary alicyclic amines) is 1. The third-order valence-corrected chi connectivity index (χ3v) is 4.25. The van der Waals surface area contributed by atoms with Crippen molar-refractivity contribution in [1.29, 1.82) is 0 Å². The van der Waals surface area contributed by atoms with E-state index in [9.17, 15) is 9.59 Å². The van der Waals surface area contributed by atoms with E-state index in [-0.39, 0.29) is 24.5 Å². The summed E-state index contributed by atoms with van der Waals surface area (Å²) < 4.78 is 5.13. The standard InChI is InChI=1S/C18H26ClN3O3/c1-18(2,3)25-17(24)20-11-15(23)21-14-9-10-22(4)16(14)12-5-7-13(19)8-6-12/h5-8,14,16H,9-11H2,1-4H3,(H,20,24)(H,21,23). The summed E-state index contributed by atoms with van der Waals surface area (Å²) in [5, 5.41) is 6.18. The lowest BCUT2D eigenvalue weighted by molar-refractivity contribution is -0.121. The van der Waals surface area contributed by atoms with Gasteiger partial charge in [-0.05, 0) is 51.9 Å². The smallest absolute Gasteiger partial charge is 0.408 e. The molecule has 1 aromatic rings. The van der Waals surface area contributed by atoms with Crippen LogP contribution in [0.2, 0.25) is 5.02 Å². The van der Waals surface area contributed by atoms with E-state index in [2.05, 4.69) is 15.5 Å². The number of alkyl carbamates (subject to hydrolysis) is 1. The zero-order chi connectivity index (χ0) is 18.6.